The normalized spacial score (nSPS) is 9.75. The van der Waals surface area contributed by atoms with Gasteiger partial charge in [0.1, 0.15) is 0 Å². The Morgan fingerprint density at radius 1 is 0.900 bits per heavy atom. The van der Waals surface area contributed by atoms with Gasteiger partial charge in [0.05, 0.1) is 0 Å². The molecule has 0 heterocycles. The molecule has 20 heavy (non-hydrogen) atoms. The van der Waals surface area contributed by atoms with Gasteiger partial charge in [-0.05, 0) is 50.2 Å². The molecule has 2 heteroatoms. The van der Waals surface area contributed by atoms with E-state index >= 15 is 0 Å². The molecular formula is C18H17NO. The van der Waals surface area contributed by atoms with Crippen LogP contribution in [0.4, 0.5) is 0 Å². The van der Waals surface area contributed by atoms with Gasteiger partial charge in [-0.15, -0.1) is 0 Å². The van der Waals surface area contributed by atoms with Gasteiger partial charge in [0.25, 0.3) is 5.91 Å². The number of nitrogens with one attached hydrogen (secondary N) is 1. The van der Waals surface area contributed by atoms with Crippen LogP contribution >= 0.6 is 0 Å². The highest BCUT2D eigenvalue weighted by atomic mass is 16.1. The Labute approximate surface area is 119 Å². The van der Waals surface area contributed by atoms with Crippen molar-refractivity contribution in [2.24, 2.45) is 0 Å². The van der Waals surface area contributed by atoms with Crippen LogP contribution in [0.15, 0.2) is 54.6 Å². The van der Waals surface area contributed by atoms with E-state index in [1.165, 1.54) is 0 Å². The summed E-state index contributed by atoms with van der Waals surface area (Å²) in [6, 6.07) is 17.3. The summed E-state index contributed by atoms with van der Waals surface area (Å²) in [5, 5.41) is 2.86. The van der Waals surface area contributed by atoms with Crippen molar-refractivity contribution in [3.63, 3.8) is 0 Å². The second-order valence-corrected chi connectivity index (χ2v) is 4.82. The fourth-order valence-electron chi connectivity index (χ4n) is 1.72. The third-order valence-electron chi connectivity index (χ3n) is 2.69. The minimum absolute atomic E-state index is 0.0532. The summed E-state index contributed by atoms with van der Waals surface area (Å²) in [5.74, 6) is 6.12. The van der Waals surface area contributed by atoms with Gasteiger partial charge < -0.3 is 5.32 Å². The molecule has 2 rings (SSSR count). The summed E-state index contributed by atoms with van der Waals surface area (Å²) < 4.78 is 0. The summed E-state index contributed by atoms with van der Waals surface area (Å²) >= 11 is 0. The van der Waals surface area contributed by atoms with Crippen LogP contribution in [0.1, 0.15) is 35.3 Å². The maximum absolute atomic E-state index is 11.8. The molecule has 1 N–H and O–H groups in total. The standard InChI is InChI=1S/C18H17NO/c1-14(2)19-18(20)17-12-10-16(11-13-17)9-8-15-6-4-3-5-7-15/h3-7,10-14H,1-2H3,(H,19,20). The van der Waals surface area contributed by atoms with E-state index in [0.29, 0.717) is 5.56 Å². The lowest BCUT2D eigenvalue weighted by atomic mass is 10.1. The van der Waals surface area contributed by atoms with Crippen molar-refractivity contribution >= 4 is 5.91 Å². The molecule has 100 valence electrons. The van der Waals surface area contributed by atoms with Crippen LogP contribution in [0.5, 0.6) is 0 Å². The predicted molar refractivity (Wildman–Crippen MR) is 81.5 cm³/mol. The molecule has 0 unspecified atom stereocenters. The van der Waals surface area contributed by atoms with E-state index < -0.39 is 0 Å². The molecule has 0 atom stereocenters. The number of hydrogen-bond acceptors (Lipinski definition) is 1. The Balaban J connectivity index is 2.09. The first kappa shape index (κ1) is 13.9. The van der Waals surface area contributed by atoms with Crippen LogP contribution in [0.25, 0.3) is 0 Å². The molecule has 0 aliphatic heterocycles. The fourth-order valence-corrected chi connectivity index (χ4v) is 1.72. The van der Waals surface area contributed by atoms with Crippen molar-refractivity contribution < 1.29 is 4.79 Å². The van der Waals surface area contributed by atoms with Gasteiger partial charge in [-0.25, -0.2) is 0 Å². The SMILES string of the molecule is CC(C)NC(=O)c1ccc(C#Cc2ccccc2)cc1. The zero-order valence-corrected chi connectivity index (χ0v) is 11.7. The predicted octanol–water partition coefficient (Wildman–Crippen LogP) is 3.22. The lowest BCUT2D eigenvalue weighted by Crippen LogP contribution is -2.29. The van der Waals surface area contributed by atoms with Gasteiger partial charge in [0.15, 0.2) is 0 Å². The number of hydrogen-bond donors (Lipinski definition) is 1. The van der Waals surface area contributed by atoms with Gasteiger partial charge in [0, 0.05) is 22.7 Å². The second kappa shape index (κ2) is 6.58. The maximum atomic E-state index is 11.8. The third kappa shape index (κ3) is 4.00. The molecule has 0 radical (unpaired) electrons. The van der Waals surface area contributed by atoms with E-state index in [1.807, 2.05) is 56.3 Å². The molecule has 2 nitrogen and oxygen atoms in total. The van der Waals surface area contributed by atoms with E-state index in [9.17, 15) is 4.79 Å². The average Bonchev–Trinajstić information content (AvgIpc) is 2.46. The van der Waals surface area contributed by atoms with Crippen molar-refractivity contribution in [3.8, 4) is 11.8 Å². The summed E-state index contributed by atoms with van der Waals surface area (Å²) in [7, 11) is 0. The summed E-state index contributed by atoms with van der Waals surface area (Å²) in [4.78, 5) is 11.8. The Morgan fingerprint density at radius 3 is 2.00 bits per heavy atom. The molecule has 0 aliphatic carbocycles. The van der Waals surface area contributed by atoms with E-state index in [4.69, 9.17) is 0 Å². The molecule has 2 aromatic carbocycles. The molecule has 0 fully saturated rings. The van der Waals surface area contributed by atoms with E-state index in [-0.39, 0.29) is 11.9 Å². The first-order valence-electron chi connectivity index (χ1n) is 6.63. The number of amides is 1. The minimum Gasteiger partial charge on any atom is -0.350 e. The van der Waals surface area contributed by atoms with Gasteiger partial charge in [0.2, 0.25) is 0 Å². The van der Waals surface area contributed by atoms with Crippen LogP contribution in [0.3, 0.4) is 0 Å². The molecule has 0 spiro atoms. The number of benzene rings is 2. The van der Waals surface area contributed by atoms with Crippen molar-refractivity contribution in [3.05, 3.63) is 71.3 Å². The van der Waals surface area contributed by atoms with Gasteiger partial charge >= 0.3 is 0 Å². The molecule has 0 aromatic heterocycles. The molecule has 1 amide bonds. The van der Waals surface area contributed by atoms with E-state index in [0.717, 1.165) is 11.1 Å². The Bertz CT molecular complexity index is 631. The molecular weight excluding hydrogens is 246 g/mol. The molecule has 2 aromatic rings. The maximum Gasteiger partial charge on any atom is 0.251 e. The Kier molecular flexibility index (Phi) is 4.57. The highest BCUT2D eigenvalue weighted by Crippen LogP contribution is 2.04. The lowest BCUT2D eigenvalue weighted by Gasteiger charge is -2.07. The first-order chi connectivity index (χ1) is 9.65. The van der Waals surface area contributed by atoms with Gasteiger partial charge in [-0.2, -0.15) is 0 Å². The molecule has 0 aliphatic rings. The smallest absolute Gasteiger partial charge is 0.251 e. The van der Waals surface area contributed by atoms with Crippen LogP contribution in [-0.2, 0) is 0 Å². The van der Waals surface area contributed by atoms with E-state index in [1.54, 1.807) is 12.1 Å². The van der Waals surface area contributed by atoms with Crippen molar-refractivity contribution in [2.45, 2.75) is 19.9 Å². The summed E-state index contributed by atoms with van der Waals surface area (Å²) in [6.45, 7) is 3.88. The largest absolute Gasteiger partial charge is 0.350 e. The number of rotatable bonds is 2. The van der Waals surface area contributed by atoms with Crippen LogP contribution in [0.2, 0.25) is 0 Å². The monoisotopic (exact) mass is 263 g/mol. The minimum atomic E-state index is -0.0532. The van der Waals surface area contributed by atoms with E-state index in [2.05, 4.69) is 17.2 Å². The van der Waals surface area contributed by atoms with Crippen LogP contribution in [0, 0.1) is 11.8 Å². The first-order valence-corrected chi connectivity index (χ1v) is 6.63. The molecule has 0 saturated heterocycles. The van der Waals surface area contributed by atoms with Crippen LogP contribution < -0.4 is 5.32 Å². The fraction of sp³-hybridized carbons (Fsp3) is 0.167. The highest BCUT2D eigenvalue weighted by Gasteiger charge is 2.05. The molecule has 0 saturated carbocycles. The molecule has 0 bridgehead atoms. The second-order valence-electron chi connectivity index (χ2n) is 4.82. The lowest BCUT2D eigenvalue weighted by molar-refractivity contribution is 0.0943. The highest BCUT2D eigenvalue weighted by molar-refractivity contribution is 5.94. The number of carbonyl (C=O) groups is 1. The summed E-state index contributed by atoms with van der Waals surface area (Å²) in [5.41, 5.74) is 2.54. The zero-order chi connectivity index (χ0) is 14.4. The quantitative estimate of drug-likeness (QED) is 0.828. The van der Waals surface area contributed by atoms with Gasteiger partial charge in [-0.1, -0.05) is 30.0 Å². The Hall–Kier alpha value is -2.53. The number of carbonyl (C=O) groups excluding carboxylic acids is 1. The van der Waals surface area contributed by atoms with Crippen molar-refractivity contribution in [2.75, 3.05) is 0 Å². The van der Waals surface area contributed by atoms with Crippen molar-refractivity contribution in [1.82, 2.24) is 5.32 Å². The zero-order valence-electron chi connectivity index (χ0n) is 11.7. The third-order valence-corrected chi connectivity index (χ3v) is 2.69. The summed E-state index contributed by atoms with van der Waals surface area (Å²) in [6.07, 6.45) is 0. The van der Waals surface area contributed by atoms with Crippen LogP contribution in [-0.4, -0.2) is 11.9 Å². The average molecular weight is 263 g/mol. The van der Waals surface area contributed by atoms with Crippen molar-refractivity contribution in [1.29, 1.82) is 0 Å². The Morgan fingerprint density at radius 2 is 1.45 bits per heavy atom. The van der Waals surface area contributed by atoms with Gasteiger partial charge in [-0.3, -0.25) is 4.79 Å². The topological polar surface area (TPSA) is 29.1 Å².